The van der Waals surface area contributed by atoms with E-state index in [0.29, 0.717) is 28.1 Å². The number of ether oxygens (including phenoxy) is 1. The standard InChI is InChI=1S/C21H19ClFN5O2/c1-10(17-16(30-3)5-4-15(23)18(17)22)13-8-26-21-12(13)6-11(7-25-21)14-9-28(2)27-19(14)20(24)29/h4-10H,1-3H3,(H2,24,29)(H,25,26)/t10-/m0/s1. The summed E-state index contributed by atoms with van der Waals surface area (Å²) in [6.07, 6.45) is 5.17. The van der Waals surface area contributed by atoms with Crippen LogP contribution in [0.15, 0.2) is 36.8 Å². The lowest BCUT2D eigenvalue weighted by molar-refractivity contribution is 0.0995. The number of benzene rings is 1. The largest absolute Gasteiger partial charge is 0.496 e. The highest BCUT2D eigenvalue weighted by molar-refractivity contribution is 6.31. The number of aryl methyl sites for hydroxylation is 1. The number of primary amides is 1. The fourth-order valence-electron chi connectivity index (χ4n) is 3.70. The number of carbonyl (C=O) groups is 1. The molecule has 0 aliphatic heterocycles. The highest BCUT2D eigenvalue weighted by Crippen LogP contribution is 2.41. The number of nitrogens with zero attached hydrogens (tertiary/aromatic N) is 3. The zero-order chi connectivity index (χ0) is 21.6. The summed E-state index contributed by atoms with van der Waals surface area (Å²) in [7, 11) is 3.23. The summed E-state index contributed by atoms with van der Waals surface area (Å²) >= 11 is 6.28. The summed E-state index contributed by atoms with van der Waals surface area (Å²) < 4.78 is 21.1. The van der Waals surface area contributed by atoms with Crippen LogP contribution in [0.5, 0.6) is 5.75 Å². The van der Waals surface area contributed by atoms with E-state index in [9.17, 15) is 9.18 Å². The van der Waals surface area contributed by atoms with Crippen LogP contribution >= 0.6 is 11.6 Å². The second-order valence-corrected chi connectivity index (χ2v) is 7.37. The fraction of sp³-hybridized carbons (Fsp3) is 0.190. The van der Waals surface area contributed by atoms with Crippen LogP contribution in [0.4, 0.5) is 4.39 Å². The lowest BCUT2D eigenvalue weighted by atomic mass is 9.91. The second kappa shape index (κ2) is 7.46. The second-order valence-electron chi connectivity index (χ2n) is 6.99. The Labute approximate surface area is 176 Å². The number of nitrogens with two attached hydrogens (primary N) is 1. The first kappa shape index (κ1) is 19.9. The molecule has 1 aromatic carbocycles. The Bertz CT molecular complexity index is 1280. The van der Waals surface area contributed by atoms with Crippen molar-refractivity contribution in [3.63, 3.8) is 0 Å². The van der Waals surface area contributed by atoms with Gasteiger partial charge in [-0.25, -0.2) is 9.37 Å². The van der Waals surface area contributed by atoms with Crippen molar-refractivity contribution < 1.29 is 13.9 Å². The molecule has 0 spiro atoms. The number of methoxy groups -OCH3 is 1. The lowest BCUT2D eigenvalue weighted by Crippen LogP contribution is -2.13. The van der Waals surface area contributed by atoms with E-state index >= 15 is 0 Å². The molecule has 3 heterocycles. The molecule has 0 aliphatic carbocycles. The Hall–Kier alpha value is -3.39. The van der Waals surface area contributed by atoms with E-state index in [0.717, 1.165) is 10.9 Å². The van der Waals surface area contributed by atoms with Gasteiger partial charge in [-0.15, -0.1) is 0 Å². The van der Waals surface area contributed by atoms with Gasteiger partial charge in [-0.3, -0.25) is 9.48 Å². The number of aromatic amines is 1. The Morgan fingerprint density at radius 3 is 2.87 bits per heavy atom. The van der Waals surface area contributed by atoms with Crippen LogP contribution in [0.1, 0.15) is 34.5 Å². The van der Waals surface area contributed by atoms with E-state index in [1.54, 1.807) is 25.5 Å². The third-order valence-electron chi connectivity index (χ3n) is 5.15. The average molecular weight is 428 g/mol. The highest BCUT2D eigenvalue weighted by Gasteiger charge is 2.23. The van der Waals surface area contributed by atoms with Gasteiger partial charge in [0.05, 0.1) is 12.1 Å². The van der Waals surface area contributed by atoms with Crippen molar-refractivity contribution in [2.45, 2.75) is 12.8 Å². The minimum absolute atomic E-state index is 0.0172. The van der Waals surface area contributed by atoms with Crippen molar-refractivity contribution in [3.05, 3.63) is 64.5 Å². The summed E-state index contributed by atoms with van der Waals surface area (Å²) in [6.45, 7) is 1.91. The molecule has 0 fully saturated rings. The molecule has 0 unspecified atom stereocenters. The number of halogens is 2. The molecule has 0 aliphatic rings. The van der Waals surface area contributed by atoms with Crippen LogP contribution in [0.2, 0.25) is 5.02 Å². The van der Waals surface area contributed by atoms with Crippen molar-refractivity contribution in [2.24, 2.45) is 12.8 Å². The molecule has 9 heteroatoms. The molecule has 4 rings (SSSR count). The molecule has 1 atom stereocenters. The number of nitrogens with one attached hydrogen (secondary N) is 1. The van der Waals surface area contributed by atoms with Gasteiger partial charge in [0.15, 0.2) is 5.69 Å². The smallest absolute Gasteiger partial charge is 0.269 e. The van der Waals surface area contributed by atoms with Crippen molar-refractivity contribution in [2.75, 3.05) is 7.11 Å². The summed E-state index contributed by atoms with van der Waals surface area (Å²) in [6, 6.07) is 4.73. The Morgan fingerprint density at radius 1 is 1.40 bits per heavy atom. The molecule has 3 aromatic heterocycles. The number of aromatic nitrogens is 4. The number of hydrogen-bond acceptors (Lipinski definition) is 4. The third-order valence-corrected chi connectivity index (χ3v) is 5.53. The highest BCUT2D eigenvalue weighted by atomic mass is 35.5. The van der Waals surface area contributed by atoms with Gasteiger partial charge in [0, 0.05) is 53.6 Å². The van der Waals surface area contributed by atoms with Crippen molar-refractivity contribution in [3.8, 4) is 16.9 Å². The molecule has 4 aromatic rings. The van der Waals surface area contributed by atoms with Crippen LogP contribution in [-0.2, 0) is 7.05 Å². The van der Waals surface area contributed by atoms with Crippen molar-refractivity contribution >= 4 is 28.5 Å². The first-order valence-electron chi connectivity index (χ1n) is 9.14. The number of H-pyrrole nitrogens is 1. The zero-order valence-corrected chi connectivity index (χ0v) is 17.3. The van der Waals surface area contributed by atoms with E-state index in [2.05, 4.69) is 15.1 Å². The molecule has 0 radical (unpaired) electrons. The molecule has 30 heavy (non-hydrogen) atoms. The van der Waals surface area contributed by atoms with Crippen molar-refractivity contribution in [1.29, 1.82) is 0 Å². The van der Waals surface area contributed by atoms with Gasteiger partial charge in [0.1, 0.15) is 17.2 Å². The van der Waals surface area contributed by atoms with E-state index in [4.69, 9.17) is 22.1 Å². The quantitative estimate of drug-likeness (QED) is 0.502. The predicted molar refractivity (Wildman–Crippen MR) is 112 cm³/mol. The summed E-state index contributed by atoms with van der Waals surface area (Å²) in [5.74, 6) is -0.932. The molecular formula is C21H19ClFN5O2. The summed E-state index contributed by atoms with van der Waals surface area (Å²) in [4.78, 5) is 19.4. The maximum atomic E-state index is 14.2. The third kappa shape index (κ3) is 3.19. The van der Waals surface area contributed by atoms with Gasteiger partial charge in [-0.1, -0.05) is 18.5 Å². The Morgan fingerprint density at radius 2 is 2.17 bits per heavy atom. The zero-order valence-electron chi connectivity index (χ0n) is 16.5. The molecule has 1 amide bonds. The molecule has 0 bridgehead atoms. The van der Waals surface area contributed by atoms with Gasteiger partial charge in [0.25, 0.3) is 5.91 Å². The number of amides is 1. The fourth-order valence-corrected chi connectivity index (χ4v) is 4.02. The van der Waals surface area contributed by atoms with E-state index in [1.807, 2.05) is 19.2 Å². The number of rotatable bonds is 5. The van der Waals surface area contributed by atoms with Crippen LogP contribution < -0.4 is 10.5 Å². The van der Waals surface area contributed by atoms with Crippen LogP contribution in [0.25, 0.3) is 22.2 Å². The van der Waals surface area contributed by atoms with E-state index in [-0.39, 0.29) is 16.6 Å². The molecule has 7 nitrogen and oxygen atoms in total. The van der Waals surface area contributed by atoms with Gasteiger partial charge >= 0.3 is 0 Å². The van der Waals surface area contributed by atoms with E-state index in [1.165, 1.54) is 17.9 Å². The van der Waals surface area contributed by atoms with Gasteiger partial charge in [0.2, 0.25) is 0 Å². The first-order valence-corrected chi connectivity index (χ1v) is 9.52. The number of hydrogen-bond donors (Lipinski definition) is 2. The molecule has 0 saturated carbocycles. The maximum Gasteiger partial charge on any atom is 0.269 e. The van der Waals surface area contributed by atoms with Crippen LogP contribution in [0, 0.1) is 5.82 Å². The number of pyridine rings is 1. The minimum Gasteiger partial charge on any atom is -0.496 e. The normalized spacial score (nSPS) is 12.3. The van der Waals surface area contributed by atoms with E-state index < -0.39 is 11.7 Å². The Kier molecular flexibility index (Phi) is 4.95. The molecule has 3 N–H and O–H groups in total. The topological polar surface area (TPSA) is 98.8 Å². The van der Waals surface area contributed by atoms with Gasteiger partial charge in [-0.2, -0.15) is 5.10 Å². The first-order chi connectivity index (χ1) is 14.3. The van der Waals surface area contributed by atoms with Crippen molar-refractivity contribution in [1.82, 2.24) is 19.7 Å². The summed E-state index contributed by atoms with van der Waals surface area (Å²) in [5, 5.41) is 4.96. The Balaban J connectivity index is 1.88. The molecule has 0 saturated heterocycles. The maximum absolute atomic E-state index is 14.2. The minimum atomic E-state index is -0.621. The lowest BCUT2D eigenvalue weighted by Gasteiger charge is -2.17. The number of fused-ring (bicyclic) bond motifs is 1. The molecule has 154 valence electrons. The average Bonchev–Trinajstić information content (AvgIpc) is 3.32. The van der Waals surface area contributed by atoms with Crippen LogP contribution in [0.3, 0.4) is 0 Å². The summed E-state index contributed by atoms with van der Waals surface area (Å²) in [5.41, 5.74) is 8.96. The molecular weight excluding hydrogens is 409 g/mol. The van der Waals surface area contributed by atoms with Gasteiger partial charge < -0.3 is 15.5 Å². The number of carbonyl (C=O) groups excluding carboxylic acids is 1. The SMILES string of the molecule is COc1ccc(F)c(Cl)c1[C@@H](C)c1c[nH]c2ncc(-c3cn(C)nc3C(N)=O)cc12. The van der Waals surface area contributed by atoms with Crippen LogP contribution in [-0.4, -0.2) is 32.8 Å². The monoisotopic (exact) mass is 427 g/mol. The predicted octanol–water partition coefficient (Wildman–Crippen LogP) is 4.02. The van der Waals surface area contributed by atoms with Gasteiger partial charge in [-0.05, 0) is 23.8 Å².